The van der Waals surface area contributed by atoms with Gasteiger partial charge >= 0.3 is 0 Å². The largest absolute Gasteiger partial charge is 0.389 e. The minimum absolute atomic E-state index is 0. The molecular weight excluding hydrogens is 491 g/mol. The lowest BCUT2D eigenvalue weighted by molar-refractivity contribution is 0.0301. The predicted molar refractivity (Wildman–Crippen MR) is 136 cm³/mol. The van der Waals surface area contributed by atoms with Gasteiger partial charge in [-0.1, -0.05) is 44.2 Å². The maximum atomic E-state index is 10.1. The number of aliphatic hydroxyl groups is 1. The third kappa shape index (κ3) is 10.4. The molecule has 3 N–H and O–H groups in total. The number of nitrogens with zero attached hydrogens (tertiary/aromatic N) is 2. The molecule has 30 heavy (non-hydrogen) atoms. The van der Waals surface area contributed by atoms with Crippen molar-refractivity contribution in [2.24, 2.45) is 10.9 Å². The van der Waals surface area contributed by atoms with Crippen LogP contribution in [-0.4, -0.2) is 67.0 Å². The molecular formula is C23H41IN4O2. The molecule has 1 aliphatic rings. The number of benzene rings is 1. The summed E-state index contributed by atoms with van der Waals surface area (Å²) >= 11 is 0. The van der Waals surface area contributed by atoms with Gasteiger partial charge in [0.05, 0.1) is 19.3 Å². The molecule has 0 spiro atoms. The lowest BCUT2D eigenvalue weighted by atomic mass is 9.97. The van der Waals surface area contributed by atoms with Gasteiger partial charge in [-0.2, -0.15) is 0 Å². The molecule has 1 fully saturated rings. The zero-order chi connectivity index (χ0) is 21.1. The van der Waals surface area contributed by atoms with Crippen LogP contribution >= 0.6 is 24.0 Å². The third-order valence-electron chi connectivity index (χ3n) is 5.15. The SMILES string of the molecule is CCNC(=NCC(O)COCC(C)C)NC1CCN(Cc2ccccc2)C(C)C1.I. The van der Waals surface area contributed by atoms with Gasteiger partial charge in [0.25, 0.3) is 0 Å². The van der Waals surface area contributed by atoms with Crippen LogP contribution in [0, 0.1) is 5.92 Å². The van der Waals surface area contributed by atoms with E-state index >= 15 is 0 Å². The summed E-state index contributed by atoms with van der Waals surface area (Å²) in [4.78, 5) is 7.12. The Morgan fingerprint density at radius 3 is 2.63 bits per heavy atom. The molecule has 0 aliphatic carbocycles. The third-order valence-corrected chi connectivity index (χ3v) is 5.15. The summed E-state index contributed by atoms with van der Waals surface area (Å²) in [6, 6.07) is 11.6. The number of aliphatic hydroxyl groups excluding tert-OH is 1. The fourth-order valence-corrected chi connectivity index (χ4v) is 3.61. The highest BCUT2D eigenvalue weighted by Crippen LogP contribution is 2.19. The quantitative estimate of drug-likeness (QED) is 0.245. The first-order valence-electron chi connectivity index (χ1n) is 11.1. The first kappa shape index (κ1) is 27.1. The van der Waals surface area contributed by atoms with Crippen molar-refractivity contribution in [1.82, 2.24) is 15.5 Å². The molecule has 1 heterocycles. The zero-order valence-electron chi connectivity index (χ0n) is 19.0. The molecule has 2 rings (SSSR count). The first-order valence-corrected chi connectivity index (χ1v) is 11.1. The van der Waals surface area contributed by atoms with Gasteiger partial charge < -0.3 is 20.5 Å². The van der Waals surface area contributed by atoms with E-state index < -0.39 is 6.10 Å². The van der Waals surface area contributed by atoms with Crippen molar-refractivity contribution in [2.45, 2.75) is 65.3 Å². The van der Waals surface area contributed by atoms with Gasteiger partial charge in [0.15, 0.2) is 5.96 Å². The fourth-order valence-electron chi connectivity index (χ4n) is 3.61. The van der Waals surface area contributed by atoms with Crippen LogP contribution in [0.3, 0.4) is 0 Å². The molecule has 1 aliphatic heterocycles. The van der Waals surface area contributed by atoms with E-state index in [0.717, 1.165) is 38.4 Å². The number of piperidine rings is 1. The predicted octanol–water partition coefficient (Wildman–Crippen LogP) is 3.25. The average Bonchev–Trinajstić information content (AvgIpc) is 2.69. The number of likely N-dealkylation sites (tertiary alicyclic amines) is 1. The molecule has 3 unspecified atom stereocenters. The standard InChI is InChI=1S/C23H40N4O2.HI/c1-5-24-23(25-14-22(28)17-29-16-18(2)3)26-21-11-12-27(19(4)13-21)15-20-9-7-6-8-10-20;/h6-10,18-19,21-22,28H,5,11-17H2,1-4H3,(H2,24,25,26);1H. The van der Waals surface area contributed by atoms with Gasteiger partial charge in [0.1, 0.15) is 0 Å². The Labute approximate surface area is 199 Å². The van der Waals surface area contributed by atoms with Crippen LogP contribution in [-0.2, 0) is 11.3 Å². The number of nitrogens with one attached hydrogen (secondary N) is 2. The minimum Gasteiger partial charge on any atom is -0.389 e. The van der Waals surface area contributed by atoms with Crippen LogP contribution < -0.4 is 10.6 Å². The van der Waals surface area contributed by atoms with E-state index in [1.807, 2.05) is 0 Å². The Morgan fingerprint density at radius 2 is 2.00 bits per heavy atom. The topological polar surface area (TPSA) is 69.1 Å². The zero-order valence-corrected chi connectivity index (χ0v) is 21.3. The Kier molecular flexibility index (Phi) is 13.6. The molecule has 1 aromatic carbocycles. The Bertz CT molecular complexity index is 600. The molecule has 172 valence electrons. The van der Waals surface area contributed by atoms with Gasteiger partial charge in [-0.15, -0.1) is 24.0 Å². The number of rotatable bonds is 10. The van der Waals surface area contributed by atoms with Gasteiger partial charge in [-0.05, 0) is 38.2 Å². The molecule has 6 nitrogen and oxygen atoms in total. The second kappa shape index (κ2) is 15.0. The fraction of sp³-hybridized carbons (Fsp3) is 0.696. The maximum absolute atomic E-state index is 10.1. The highest BCUT2D eigenvalue weighted by molar-refractivity contribution is 14.0. The molecule has 1 saturated heterocycles. The summed E-state index contributed by atoms with van der Waals surface area (Å²) < 4.78 is 5.51. The van der Waals surface area contributed by atoms with E-state index in [2.05, 4.69) is 78.6 Å². The van der Waals surface area contributed by atoms with Crippen molar-refractivity contribution in [3.05, 3.63) is 35.9 Å². The smallest absolute Gasteiger partial charge is 0.191 e. The van der Waals surface area contributed by atoms with Gasteiger partial charge in [0.2, 0.25) is 0 Å². The molecule has 0 bridgehead atoms. The van der Waals surface area contributed by atoms with Crippen molar-refractivity contribution >= 4 is 29.9 Å². The highest BCUT2D eigenvalue weighted by atomic mass is 127. The van der Waals surface area contributed by atoms with E-state index in [-0.39, 0.29) is 24.0 Å². The molecule has 7 heteroatoms. The minimum atomic E-state index is -0.573. The van der Waals surface area contributed by atoms with E-state index in [0.29, 0.717) is 37.8 Å². The summed E-state index contributed by atoms with van der Waals surface area (Å²) in [6.07, 6.45) is 1.59. The van der Waals surface area contributed by atoms with Crippen molar-refractivity contribution < 1.29 is 9.84 Å². The van der Waals surface area contributed by atoms with Gasteiger partial charge in [-0.25, -0.2) is 0 Å². The van der Waals surface area contributed by atoms with E-state index in [1.54, 1.807) is 0 Å². The second-order valence-corrected chi connectivity index (χ2v) is 8.48. The van der Waals surface area contributed by atoms with Crippen LogP contribution in [0.4, 0.5) is 0 Å². The van der Waals surface area contributed by atoms with Crippen LogP contribution in [0.1, 0.15) is 46.1 Å². The lowest BCUT2D eigenvalue weighted by Gasteiger charge is -2.38. The van der Waals surface area contributed by atoms with Crippen molar-refractivity contribution in [1.29, 1.82) is 0 Å². The lowest BCUT2D eigenvalue weighted by Crippen LogP contribution is -2.51. The Hall–Kier alpha value is -0.900. The number of guanidine groups is 1. The summed E-state index contributed by atoms with van der Waals surface area (Å²) in [6.45, 7) is 12.8. The molecule has 3 atom stereocenters. The number of aliphatic imine (C=N–C) groups is 1. The Morgan fingerprint density at radius 1 is 1.27 bits per heavy atom. The molecule has 0 radical (unpaired) electrons. The van der Waals surface area contributed by atoms with Gasteiger partial charge in [0, 0.05) is 38.3 Å². The van der Waals surface area contributed by atoms with Crippen LogP contribution in [0.25, 0.3) is 0 Å². The second-order valence-electron chi connectivity index (χ2n) is 8.48. The molecule has 0 saturated carbocycles. The maximum Gasteiger partial charge on any atom is 0.191 e. The molecule has 0 amide bonds. The first-order chi connectivity index (χ1) is 14.0. The number of hydrogen-bond donors (Lipinski definition) is 3. The summed E-state index contributed by atoms with van der Waals surface area (Å²) in [5.41, 5.74) is 1.37. The molecule has 1 aromatic rings. The van der Waals surface area contributed by atoms with Gasteiger partial charge in [-0.3, -0.25) is 9.89 Å². The summed E-state index contributed by atoms with van der Waals surface area (Å²) in [5.74, 6) is 1.25. The van der Waals surface area contributed by atoms with Crippen LogP contribution in [0.2, 0.25) is 0 Å². The van der Waals surface area contributed by atoms with Crippen molar-refractivity contribution in [3.63, 3.8) is 0 Å². The average molecular weight is 533 g/mol. The number of halogens is 1. The molecule has 0 aromatic heterocycles. The van der Waals surface area contributed by atoms with Crippen LogP contribution in [0.15, 0.2) is 35.3 Å². The summed E-state index contributed by atoms with van der Waals surface area (Å²) in [7, 11) is 0. The van der Waals surface area contributed by atoms with Crippen molar-refractivity contribution in [3.8, 4) is 0 Å². The monoisotopic (exact) mass is 532 g/mol. The van der Waals surface area contributed by atoms with E-state index in [1.165, 1.54) is 5.56 Å². The van der Waals surface area contributed by atoms with E-state index in [9.17, 15) is 5.11 Å². The normalized spacial score (nSPS) is 21.2. The Balaban J connectivity index is 0.00000450. The van der Waals surface area contributed by atoms with Crippen molar-refractivity contribution in [2.75, 3.05) is 32.8 Å². The highest BCUT2D eigenvalue weighted by Gasteiger charge is 2.26. The van der Waals surface area contributed by atoms with Crippen LogP contribution in [0.5, 0.6) is 0 Å². The summed E-state index contributed by atoms with van der Waals surface area (Å²) in [5, 5.41) is 17.0. The van der Waals surface area contributed by atoms with E-state index in [4.69, 9.17) is 4.74 Å². The number of ether oxygens (including phenoxy) is 1. The number of hydrogen-bond acceptors (Lipinski definition) is 4.